The lowest BCUT2D eigenvalue weighted by Crippen LogP contribution is -2.13. The Bertz CT molecular complexity index is 824. The van der Waals surface area contributed by atoms with Gasteiger partial charge in [-0.2, -0.15) is 5.26 Å². The summed E-state index contributed by atoms with van der Waals surface area (Å²) in [4.78, 5) is 12.3. The van der Waals surface area contributed by atoms with Gasteiger partial charge in [0.15, 0.2) is 11.5 Å². The van der Waals surface area contributed by atoms with Gasteiger partial charge in [0.1, 0.15) is 16.6 Å². The summed E-state index contributed by atoms with van der Waals surface area (Å²) in [6.45, 7) is 4.34. The van der Waals surface area contributed by atoms with E-state index in [2.05, 4.69) is 15.5 Å². The van der Waals surface area contributed by atoms with Gasteiger partial charge in [-0.05, 0) is 37.1 Å². The number of aromatic nitrogens is 2. The van der Waals surface area contributed by atoms with Crippen molar-refractivity contribution in [3.05, 3.63) is 34.3 Å². The molecule has 0 saturated heterocycles. The van der Waals surface area contributed by atoms with Crippen molar-refractivity contribution in [1.82, 2.24) is 10.2 Å². The quantitative estimate of drug-likeness (QED) is 0.603. The maximum atomic E-state index is 12.3. The SMILES string of the molecule is CCOc1ccc(C=C(C#N)C(=O)Nc2nnc(CC)s2)cc1OC. The lowest BCUT2D eigenvalue weighted by atomic mass is 10.1. The summed E-state index contributed by atoms with van der Waals surface area (Å²) in [6, 6.07) is 7.09. The second kappa shape index (κ2) is 8.80. The fraction of sp³-hybridized carbons (Fsp3) is 0.294. The maximum absolute atomic E-state index is 12.3. The molecule has 7 nitrogen and oxygen atoms in total. The van der Waals surface area contributed by atoms with E-state index in [4.69, 9.17) is 9.47 Å². The van der Waals surface area contributed by atoms with E-state index in [9.17, 15) is 10.1 Å². The summed E-state index contributed by atoms with van der Waals surface area (Å²) < 4.78 is 10.7. The summed E-state index contributed by atoms with van der Waals surface area (Å²) in [5.41, 5.74) is 0.609. The standard InChI is InChI=1S/C17H18N4O3S/c1-4-15-20-21-17(25-15)19-16(22)12(10-18)8-11-6-7-13(24-5-2)14(9-11)23-3/h6-9H,4-5H2,1-3H3,(H,19,21,22). The van der Waals surface area contributed by atoms with Crippen molar-refractivity contribution in [2.45, 2.75) is 20.3 Å². The van der Waals surface area contributed by atoms with E-state index in [1.165, 1.54) is 24.5 Å². The lowest BCUT2D eigenvalue weighted by Gasteiger charge is -2.09. The molecule has 2 rings (SSSR count). The van der Waals surface area contributed by atoms with Crippen molar-refractivity contribution in [3.63, 3.8) is 0 Å². The van der Waals surface area contributed by atoms with Crippen LogP contribution in [0.15, 0.2) is 23.8 Å². The molecule has 1 N–H and O–H groups in total. The Hall–Kier alpha value is -2.92. The molecule has 0 spiro atoms. The Morgan fingerprint density at radius 1 is 1.36 bits per heavy atom. The van der Waals surface area contributed by atoms with E-state index in [1.807, 2.05) is 19.9 Å². The number of rotatable bonds is 7. The highest BCUT2D eigenvalue weighted by Crippen LogP contribution is 2.29. The van der Waals surface area contributed by atoms with E-state index in [-0.39, 0.29) is 5.57 Å². The first kappa shape index (κ1) is 18.4. The average molecular weight is 358 g/mol. The molecule has 25 heavy (non-hydrogen) atoms. The zero-order valence-corrected chi connectivity index (χ0v) is 15.0. The fourth-order valence-corrected chi connectivity index (χ4v) is 2.65. The molecule has 0 fully saturated rings. The summed E-state index contributed by atoms with van der Waals surface area (Å²) in [6.07, 6.45) is 2.22. The summed E-state index contributed by atoms with van der Waals surface area (Å²) in [5.74, 6) is 0.602. The molecule has 2 aromatic rings. The molecular weight excluding hydrogens is 340 g/mol. The van der Waals surface area contributed by atoms with Crippen LogP contribution in [0.3, 0.4) is 0 Å². The van der Waals surface area contributed by atoms with Crippen LogP contribution in [0, 0.1) is 11.3 Å². The second-order valence-electron chi connectivity index (χ2n) is 4.82. The Kier molecular flexibility index (Phi) is 6.48. The first-order valence-electron chi connectivity index (χ1n) is 7.67. The van der Waals surface area contributed by atoms with E-state index < -0.39 is 5.91 Å². The number of benzene rings is 1. The van der Waals surface area contributed by atoms with Gasteiger partial charge in [0.2, 0.25) is 5.13 Å². The number of aryl methyl sites for hydroxylation is 1. The van der Waals surface area contributed by atoms with Crippen LogP contribution in [-0.4, -0.2) is 29.8 Å². The third-order valence-corrected chi connectivity index (χ3v) is 4.14. The zero-order chi connectivity index (χ0) is 18.2. The topological polar surface area (TPSA) is 97.1 Å². The van der Waals surface area contributed by atoms with Gasteiger partial charge in [-0.15, -0.1) is 10.2 Å². The smallest absolute Gasteiger partial charge is 0.268 e. The van der Waals surface area contributed by atoms with Crippen LogP contribution in [-0.2, 0) is 11.2 Å². The molecule has 130 valence electrons. The molecular formula is C17H18N4O3S. The van der Waals surface area contributed by atoms with Gasteiger partial charge in [0.25, 0.3) is 5.91 Å². The maximum Gasteiger partial charge on any atom is 0.268 e. The zero-order valence-electron chi connectivity index (χ0n) is 14.2. The Morgan fingerprint density at radius 2 is 2.16 bits per heavy atom. The van der Waals surface area contributed by atoms with Gasteiger partial charge in [-0.25, -0.2) is 0 Å². The lowest BCUT2D eigenvalue weighted by molar-refractivity contribution is -0.112. The number of anilines is 1. The third kappa shape index (κ3) is 4.78. The molecule has 0 saturated carbocycles. The highest BCUT2D eigenvalue weighted by Gasteiger charge is 2.13. The molecule has 8 heteroatoms. The summed E-state index contributed by atoms with van der Waals surface area (Å²) in [7, 11) is 1.53. The number of nitriles is 1. The first-order valence-corrected chi connectivity index (χ1v) is 8.49. The molecule has 0 bridgehead atoms. The molecule has 0 aliphatic heterocycles. The fourth-order valence-electron chi connectivity index (χ4n) is 1.98. The highest BCUT2D eigenvalue weighted by molar-refractivity contribution is 7.15. The Labute approximate surface area is 149 Å². The summed E-state index contributed by atoms with van der Waals surface area (Å²) in [5, 5.41) is 20.9. The molecule has 1 amide bonds. The number of methoxy groups -OCH3 is 1. The monoisotopic (exact) mass is 358 g/mol. The normalized spacial score (nSPS) is 10.9. The van der Waals surface area contributed by atoms with Crippen molar-refractivity contribution >= 4 is 28.5 Å². The number of hydrogen-bond donors (Lipinski definition) is 1. The summed E-state index contributed by atoms with van der Waals surface area (Å²) >= 11 is 1.28. The molecule has 0 aliphatic rings. The number of hydrogen-bond acceptors (Lipinski definition) is 7. The predicted octanol–water partition coefficient (Wildman–Crippen LogP) is 3.05. The Balaban J connectivity index is 2.21. The Morgan fingerprint density at radius 3 is 2.76 bits per heavy atom. The molecule has 0 atom stereocenters. The van der Waals surface area contributed by atoms with Gasteiger partial charge >= 0.3 is 0 Å². The second-order valence-corrected chi connectivity index (χ2v) is 5.88. The van der Waals surface area contributed by atoms with Gasteiger partial charge < -0.3 is 9.47 Å². The molecule has 1 aromatic carbocycles. The molecule has 0 unspecified atom stereocenters. The van der Waals surface area contributed by atoms with Crippen LogP contribution in [0.25, 0.3) is 6.08 Å². The van der Waals surface area contributed by atoms with Gasteiger partial charge in [-0.1, -0.05) is 24.3 Å². The number of carbonyl (C=O) groups excluding carboxylic acids is 1. The van der Waals surface area contributed by atoms with Crippen molar-refractivity contribution in [1.29, 1.82) is 5.26 Å². The van der Waals surface area contributed by atoms with Crippen LogP contribution in [0.2, 0.25) is 0 Å². The first-order chi connectivity index (χ1) is 12.1. The molecule has 0 radical (unpaired) electrons. The van der Waals surface area contributed by atoms with Crippen molar-refractivity contribution in [3.8, 4) is 17.6 Å². The number of carbonyl (C=O) groups is 1. The third-order valence-electron chi connectivity index (χ3n) is 3.15. The van der Waals surface area contributed by atoms with E-state index in [0.717, 1.165) is 11.4 Å². The van der Waals surface area contributed by atoms with Crippen LogP contribution < -0.4 is 14.8 Å². The van der Waals surface area contributed by atoms with Crippen molar-refractivity contribution < 1.29 is 14.3 Å². The minimum atomic E-state index is -0.533. The van der Waals surface area contributed by atoms with Crippen LogP contribution in [0.1, 0.15) is 24.4 Å². The molecule has 1 heterocycles. The minimum Gasteiger partial charge on any atom is -0.493 e. The number of amides is 1. The number of ether oxygens (including phenoxy) is 2. The molecule has 1 aromatic heterocycles. The van der Waals surface area contributed by atoms with Gasteiger partial charge in [0.05, 0.1) is 13.7 Å². The largest absolute Gasteiger partial charge is 0.493 e. The van der Waals surface area contributed by atoms with Crippen molar-refractivity contribution in [2.75, 3.05) is 19.0 Å². The van der Waals surface area contributed by atoms with E-state index >= 15 is 0 Å². The van der Waals surface area contributed by atoms with Crippen LogP contribution >= 0.6 is 11.3 Å². The van der Waals surface area contributed by atoms with Crippen molar-refractivity contribution in [2.24, 2.45) is 0 Å². The van der Waals surface area contributed by atoms with E-state index in [1.54, 1.807) is 18.2 Å². The number of nitrogens with one attached hydrogen (secondary N) is 1. The van der Waals surface area contributed by atoms with Crippen LogP contribution in [0.4, 0.5) is 5.13 Å². The van der Waals surface area contributed by atoms with Gasteiger partial charge in [-0.3, -0.25) is 10.1 Å². The highest BCUT2D eigenvalue weighted by atomic mass is 32.1. The van der Waals surface area contributed by atoms with Gasteiger partial charge in [0, 0.05) is 0 Å². The average Bonchev–Trinajstić information content (AvgIpc) is 3.08. The number of nitrogens with zero attached hydrogens (tertiary/aromatic N) is 3. The molecule has 0 aliphatic carbocycles. The van der Waals surface area contributed by atoms with Crippen LogP contribution in [0.5, 0.6) is 11.5 Å². The predicted molar refractivity (Wildman–Crippen MR) is 95.7 cm³/mol. The van der Waals surface area contributed by atoms with E-state index in [0.29, 0.717) is 28.8 Å². The minimum absolute atomic E-state index is 0.0422.